The van der Waals surface area contributed by atoms with Gasteiger partial charge in [0.05, 0.1) is 0 Å². The maximum atomic E-state index is 2.66. The summed E-state index contributed by atoms with van der Waals surface area (Å²) in [7, 11) is 0. The summed E-state index contributed by atoms with van der Waals surface area (Å²) in [4.78, 5) is 2.66. The van der Waals surface area contributed by atoms with Gasteiger partial charge in [-0.1, -0.05) is 128 Å². The van der Waals surface area contributed by atoms with Gasteiger partial charge in [0.25, 0.3) is 0 Å². The molecule has 0 saturated heterocycles. The standard InChI is InChI=1S/C47H37N/c1-30-26-27-47(2)46(30)42-28-34(20-25-43(42)48(47)35-16-10-5-11-17-35)41-29-40(32-14-8-4-9-15-32)38-22-19-33-18-21-36(31-12-6-3-7-13-31)37-23-24-39(41)45(38)44(33)37/h3-25,28-30,46H,26-27H2,1-2H3. The molecule has 0 N–H and O–H groups in total. The van der Waals surface area contributed by atoms with Crippen LogP contribution in [0.15, 0.2) is 152 Å². The first kappa shape index (κ1) is 27.7. The number of rotatable bonds is 4. The predicted octanol–water partition coefficient (Wildman–Crippen LogP) is 13.0. The van der Waals surface area contributed by atoms with Gasteiger partial charge in [-0.15, -0.1) is 0 Å². The zero-order chi connectivity index (χ0) is 32.0. The molecule has 8 aromatic rings. The van der Waals surface area contributed by atoms with Gasteiger partial charge in [-0.2, -0.15) is 0 Å². The van der Waals surface area contributed by atoms with Gasteiger partial charge in [0.2, 0.25) is 0 Å². The van der Waals surface area contributed by atoms with Gasteiger partial charge in [0.15, 0.2) is 0 Å². The van der Waals surface area contributed by atoms with Crippen molar-refractivity contribution in [2.75, 3.05) is 4.90 Å². The van der Waals surface area contributed by atoms with Crippen molar-refractivity contribution < 1.29 is 0 Å². The zero-order valence-electron chi connectivity index (χ0n) is 27.4. The van der Waals surface area contributed by atoms with Crippen LogP contribution in [-0.2, 0) is 0 Å². The number of hydrogen-bond donors (Lipinski definition) is 0. The van der Waals surface area contributed by atoms with Gasteiger partial charge in [-0.05, 0) is 127 Å². The molecule has 1 aliphatic carbocycles. The van der Waals surface area contributed by atoms with Crippen LogP contribution in [-0.4, -0.2) is 5.54 Å². The normalized spacial score (nSPS) is 20.2. The molecule has 1 heteroatoms. The van der Waals surface area contributed by atoms with Crippen molar-refractivity contribution in [3.63, 3.8) is 0 Å². The van der Waals surface area contributed by atoms with E-state index < -0.39 is 0 Å². The fourth-order valence-electron chi connectivity index (χ4n) is 9.67. The molecule has 1 fully saturated rings. The highest BCUT2D eigenvalue weighted by molar-refractivity contribution is 6.30. The monoisotopic (exact) mass is 615 g/mol. The van der Waals surface area contributed by atoms with E-state index >= 15 is 0 Å². The SMILES string of the molecule is CC1CCC2(C)C1c1cc(-c3cc(-c4ccccc4)c4ccc5ccc(-c6ccccc6)c6ccc3c4c56)ccc1N2c1ccccc1. The second kappa shape index (κ2) is 10.3. The summed E-state index contributed by atoms with van der Waals surface area (Å²) in [6, 6.07) is 56.7. The predicted molar refractivity (Wildman–Crippen MR) is 205 cm³/mol. The van der Waals surface area contributed by atoms with E-state index in [9.17, 15) is 0 Å². The van der Waals surface area contributed by atoms with Gasteiger partial charge in [-0.25, -0.2) is 0 Å². The molecule has 0 aromatic heterocycles. The van der Waals surface area contributed by atoms with E-state index in [4.69, 9.17) is 0 Å². The molecule has 1 aliphatic heterocycles. The van der Waals surface area contributed by atoms with Crippen LogP contribution >= 0.6 is 0 Å². The second-order valence-corrected chi connectivity index (χ2v) is 14.4. The summed E-state index contributed by atoms with van der Waals surface area (Å²) in [5, 5.41) is 7.98. The van der Waals surface area contributed by atoms with Crippen LogP contribution in [0.4, 0.5) is 11.4 Å². The highest BCUT2D eigenvalue weighted by Crippen LogP contribution is 2.61. The first-order chi connectivity index (χ1) is 23.6. The van der Waals surface area contributed by atoms with Crippen molar-refractivity contribution in [2.45, 2.75) is 38.1 Å². The Morgan fingerprint density at radius 1 is 0.542 bits per heavy atom. The number of fused-ring (bicyclic) bond motifs is 3. The van der Waals surface area contributed by atoms with Crippen LogP contribution in [0.3, 0.4) is 0 Å². The fraction of sp³-hybridized carbons (Fsp3) is 0.149. The van der Waals surface area contributed by atoms with Crippen LogP contribution in [0.1, 0.15) is 38.2 Å². The van der Waals surface area contributed by atoms with Crippen LogP contribution in [0, 0.1) is 5.92 Å². The largest absolute Gasteiger partial charge is 0.335 e. The Morgan fingerprint density at radius 2 is 1.12 bits per heavy atom. The van der Waals surface area contributed by atoms with Crippen LogP contribution in [0.25, 0.3) is 65.7 Å². The molecular weight excluding hydrogens is 579 g/mol. The Kier molecular flexibility index (Phi) is 5.94. The average molecular weight is 616 g/mol. The smallest absolute Gasteiger partial charge is 0.0495 e. The number of para-hydroxylation sites is 1. The lowest BCUT2D eigenvalue weighted by molar-refractivity contribution is 0.414. The molecule has 1 saturated carbocycles. The second-order valence-electron chi connectivity index (χ2n) is 14.4. The summed E-state index contributed by atoms with van der Waals surface area (Å²) >= 11 is 0. The van der Waals surface area contributed by atoms with E-state index in [1.54, 1.807) is 0 Å². The molecule has 230 valence electrons. The Bertz CT molecular complexity index is 2480. The van der Waals surface area contributed by atoms with Crippen molar-refractivity contribution in [2.24, 2.45) is 5.92 Å². The molecule has 0 spiro atoms. The molecule has 3 atom stereocenters. The van der Waals surface area contributed by atoms with Crippen molar-refractivity contribution in [3.8, 4) is 33.4 Å². The van der Waals surface area contributed by atoms with Gasteiger partial charge in [0.1, 0.15) is 0 Å². The zero-order valence-corrected chi connectivity index (χ0v) is 27.4. The first-order valence-corrected chi connectivity index (χ1v) is 17.5. The summed E-state index contributed by atoms with van der Waals surface area (Å²) in [6.45, 7) is 4.97. The van der Waals surface area contributed by atoms with Crippen LogP contribution < -0.4 is 4.90 Å². The summed E-state index contributed by atoms with van der Waals surface area (Å²) < 4.78 is 0. The molecule has 10 rings (SSSR count). The third-order valence-corrected chi connectivity index (χ3v) is 11.7. The quantitative estimate of drug-likeness (QED) is 0.178. The number of benzene rings is 8. The lowest BCUT2D eigenvalue weighted by Gasteiger charge is -2.38. The van der Waals surface area contributed by atoms with E-state index in [0.29, 0.717) is 11.8 Å². The fourth-order valence-corrected chi connectivity index (χ4v) is 9.67. The van der Waals surface area contributed by atoms with Gasteiger partial charge in [0, 0.05) is 22.8 Å². The number of hydrogen-bond acceptors (Lipinski definition) is 1. The van der Waals surface area contributed by atoms with E-state index in [1.165, 1.54) is 95.5 Å². The molecule has 1 heterocycles. The minimum absolute atomic E-state index is 0.0768. The van der Waals surface area contributed by atoms with E-state index in [2.05, 4.69) is 170 Å². The molecule has 8 aromatic carbocycles. The average Bonchev–Trinajstić information content (AvgIpc) is 3.59. The first-order valence-electron chi connectivity index (χ1n) is 17.5. The Hall–Kier alpha value is -5.40. The van der Waals surface area contributed by atoms with Crippen LogP contribution in [0.2, 0.25) is 0 Å². The summed E-state index contributed by atoms with van der Waals surface area (Å²) in [5.41, 5.74) is 12.0. The topological polar surface area (TPSA) is 3.24 Å². The Balaban J connectivity index is 1.26. The van der Waals surface area contributed by atoms with Crippen molar-refractivity contribution in [1.82, 2.24) is 0 Å². The summed E-state index contributed by atoms with van der Waals surface area (Å²) in [5.74, 6) is 1.13. The van der Waals surface area contributed by atoms with Gasteiger partial charge < -0.3 is 4.90 Å². The highest BCUT2D eigenvalue weighted by Gasteiger charge is 2.54. The number of anilines is 2. The maximum absolute atomic E-state index is 2.66. The molecule has 3 unspecified atom stereocenters. The summed E-state index contributed by atoms with van der Waals surface area (Å²) in [6.07, 6.45) is 2.47. The molecule has 2 aliphatic rings. The molecule has 48 heavy (non-hydrogen) atoms. The third kappa shape index (κ3) is 3.85. The molecular formula is C47H37N. The maximum Gasteiger partial charge on any atom is 0.0495 e. The van der Waals surface area contributed by atoms with Crippen molar-refractivity contribution in [3.05, 3.63) is 157 Å². The third-order valence-electron chi connectivity index (χ3n) is 11.7. The van der Waals surface area contributed by atoms with Gasteiger partial charge in [-0.3, -0.25) is 0 Å². The Morgan fingerprint density at radius 3 is 1.83 bits per heavy atom. The van der Waals surface area contributed by atoms with Crippen molar-refractivity contribution in [1.29, 1.82) is 0 Å². The van der Waals surface area contributed by atoms with Gasteiger partial charge >= 0.3 is 0 Å². The molecule has 0 amide bonds. The van der Waals surface area contributed by atoms with Crippen LogP contribution in [0.5, 0.6) is 0 Å². The van der Waals surface area contributed by atoms with E-state index in [0.717, 1.165) is 0 Å². The van der Waals surface area contributed by atoms with E-state index in [1.807, 2.05) is 0 Å². The molecule has 0 bridgehead atoms. The molecule has 0 radical (unpaired) electrons. The van der Waals surface area contributed by atoms with Crippen molar-refractivity contribution >= 4 is 43.7 Å². The highest BCUT2D eigenvalue weighted by atomic mass is 15.2. The van der Waals surface area contributed by atoms with E-state index in [-0.39, 0.29) is 5.54 Å². The minimum Gasteiger partial charge on any atom is -0.335 e. The Labute approximate surface area is 282 Å². The molecule has 1 nitrogen and oxygen atoms in total. The lowest BCUT2D eigenvalue weighted by atomic mass is 9.81. The minimum atomic E-state index is 0.0768. The number of nitrogens with zero attached hydrogens (tertiary/aromatic N) is 1. The lowest BCUT2D eigenvalue weighted by Crippen LogP contribution is -2.40.